The molecule has 0 aliphatic carbocycles. The zero-order valence-electron chi connectivity index (χ0n) is 9.77. The van der Waals surface area contributed by atoms with Gasteiger partial charge in [-0.25, -0.2) is 4.39 Å². The van der Waals surface area contributed by atoms with Crippen molar-refractivity contribution in [3.63, 3.8) is 0 Å². The van der Waals surface area contributed by atoms with E-state index < -0.39 is 10.7 Å². The van der Waals surface area contributed by atoms with Crippen molar-refractivity contribution in [3.8, 4) is 0 Å². The zero-order valence-corrected chi connectivity index (χ0v) is 11.4. The van der Waals surface area contributed by atoms with Crippen LogP contribution in [0.1, 0.15) is 5.56 Å². The van der Waals surface area contributed by atoms with Crippen LogP contribution in [0.4, 0.5) is 15.8 Å². The first kappa shape index (κ1) is 13.5. The Bertz CT molecular complexity index is 619. The molecule has 0 saturated heterocycles. The summed E-state index contributed by atoms with van der Waals surface area (Å²) in [5.41, 5.74) is 1.02. The maximum absolute atomic E-state index is 13.1. The van der Waals surface area contributed by atoms with Crippen molar-refractivity contribution in [1.82, 2.24) is 0 Å². The van der Waals surface area contributed by atoms with Gasteiger partial charge < -0.3 is 5.32 Å². The lowest BCUT2D eigenvalue weighted by Crippen LogP contribution is -2.03. The largest absolute Gasteiger partial charge is 0.381 e. The molecule has 0 fully saturated rings. The Balaban J connectivity index is 2.19. The predicted octanol–water partition coefficient (Wildman–Crippen LogP) is 4.11. The second kappa shape index (κ2) is 5.79. The molecule has 6 heteroatoms. The summed E-state index contributed by atoms with van der Waals surface area (Å²) < 4.78 is 14.0. The van der Waals surface area contributed by atoms with E-state index in [2.05, 4.69) is 21.2 Å². The molecule has 0 aromatic heterocycles. The normalized spacial score (nSPS) is 10.2. The summed E-state index contributed by atoms with van der Waals surface area (Å²) in [6, 6.07) is 10.8. The monoisotopic (exact) mass is 324 g/mol. The number of nitrogens with zero attached hydrogens (tertiary/aromatic N) is 1. The standard InChI is InChI=1S/C13H10BrFN2O2/c14-10-2-1-3-12(7-10)16-8-9-6-11(15)4-5-13(9)17(18)19/h1-7,16H,8H2. The molecule has 0 aliphatic heterocycles. The number of hydrogen-bond donors (Lipinski definition) is 1. The quantitative estimate of drug-likeness (QED) is 0.680. The maximum atomic E-state index is 13.1. The first-order valence-corrected chi connectivity index (χ1v) is 6.28. The molecule has 0 spiro atoms. The fourth-order valence-electron chi connectivity index (χ4n) is 1.67. The van der Waals surface area contributed by atoms with E-state index in [0.717, 1.165) is 16.2 Å². The molecule has 0 unspecified atom stereocenters. The van der Waals surface area contributed by atoms with Crippen molar-refractivity contribution in [3.05, 3.63) is 68.4 Å². The molecule has 0 bridgehead atoms. The minimum atomic E-state index is -0.517. The molecule has 0 heterocycles. The van der Waals surface area contributed by atoms with Crippen LogP contribution in [0.2, 0.25) is 0 Å². The average molecular weight is 325 g/mol. The predicted molar refractivity (Wildman–Crippen MR) is 74.5 cm³/mol. The van der Waals surface area contributed by atoms with E-state index in [1.807, 2.05) is 24.3 Å². The lowest BCUT2D eigenvalue weighted by Gasteiger charge is -2.07. The van der Waals surface area contributed by atoms with E-state index in [9.17, 15) is 14.5 Å². The number of nitro groups is 1. The van der Waals surface area contributed by atoms with Crippen LogP contribution in [0.3, 0.4) is 0 Å². The van der Waals surface area contributed by atoms with Crippen molar-refractivity contribution >= 4 is 27.3 Å². The van der Waals surface area contributed by atoms with Crippen LogP contribution < -0.4 is 5.32 Å². The molecule has 4 nitrogen and oxygen atoms in total. The molecular formula is C13H10BrFN2O2. The van der Waals surface area contributed by atoms with Gasteiger partial charge in [-0.3, -0.25) is 10.1 Å². The van der Waals surface area contributed by atoms with E-state index in [4.69, 9.17) is 0 Å². The Morgan fingerprint density at radius 2 is 2.05 bits per heavy atom. The molecule has 0 aliphatic rings. The van der Waals surface area contributed by atoms with Gasteiger partial charge in [0, 0.05) is 22.8 Å². The average Bonchev–Trinajstić information content (AvgIpc) is 2.36. The lowest BCUT2D eigenvalue weighted by molar-refractivity contribution is -0.385. The van der Waals surface area contributed by atoms with Crippen LogP contribution >= 0.6 is 15.9 Å². The molecule has 0 atom stereocenters. The number of nitro benzene ring substituents is 1. The van der Waals surface area contributed by atoms with E-state index in [-0.39, 0.29) is 12.2 Å². The third-order valence-corrected chi connectivity index (χ3v) is 3.04. The maximum Gasteiger partial charge on any atom is 0.274 e. The smallest absolute Gasteiger partial charge is 0.274 e. The van der Waals surface area contributed by atoms with Crippen LogP contribution in [0, 0.1) is 15.9 Å². The summed E-state index contributed by atoms with van der Waals surface area (Å²) in [5.74, 6) is -0.489. The number of benzene rings is 2. The third-order valence-electron chi connectivity index (χ3n) is 2.55. The molecule has 0 saturated carbocycles. The Labute approximate surface area is 117 Å². The molecule has 98 valence electrons. The van der Waals surface area contributed by atoms with Crippen LogP contribution in [-0.2, 0) is 6.54 Å². The van der Waals surface area contributed by atoms with Gasteiger partial charge in [0.05, 0.1) is 10.5 Å². The van der Waals surface area contributed by atoms with Gasteiger partial charge in [0.25, 0.3) is 5.69 Å². The van der Waals surface area contributed by atoms with E-state index in [0.29, 0.717) is 5.56 Å². The Morgan fingerprint density at radius 3 is 2.74 bits per heavy atom. The second-order valence-electron chi connectivity index (χ2n) is 3.89. The minimum absolute atomic E-state index is 0.0936. The highest BCUT2D eigenvalue weighted by atomic mass is 79.9. The molecule has 0 amide bonds. The Morgan fingerprint density at radius 1 is 1.26 bits per heavy atom. The second-order valence-corrected chi connectivity index (χ2v) is 4.81. The topological polar surface area (TPSA) is 55.2 Å². The summed E-state index contributed by atoms with van der Waals surface area (Å²) in [4.78, 5) is 10.3. The van der Waals surface area contributed by atoms with Crippen molar-refractivity contribution < 1.29 is 9.31 Å². The van der Waals surface area contributed by atoms with Gasteiger partial charge in [0.2, 0.25) is 0 Å². The number of anilines is 1. The van der Waals surface area contributed by atoms with Gasteiger partial charge in [-0.1, -0.05) is 22.0 Å². The first-order chi connectivity index (χ1) is 9.06. The van der Waals surface area contributed by atoms with Crippen molar-refractivity contribution in [2.45, 2.75) is 6.54 Å². The van der Waals surface area contributed by atoms with Crippen molar-refractivity contribution in [2.24, 2.45) is 0 Å². The summed E-state index contributed by atoms with van der Waals surface area (Å²) in [6.45, 7) is 0.185. The third kappa shape index (κ3) is 3.51. The Kier molecular flexibility index (Phi) is 4.11. The summed E-state index contributed by atoms with van der Waals surface area (Å²) in [6.07, 6.45) is 0. The van der Waals surface area contributed by atoms with Gasteiger partial charge in [0.1, 0.15) is 5.82 Å². The highest BCUT2D eigenvalue weighted by molar-refractivity contribution is 9.10. The SMILES string of the molecule is O=[N+]([O-])c1ccc(F)cc1CNc1cccc(Br)c1. The molecule has 19 heavy (non-hydrogen) atoms. The number of nitrogens with one attached hydrogen (secondary N) is 1. The molecule has 2 rings (SSSR count). The van der Waals surface area contributed by atoms with Gasteiger partial charge in [-0.15, -0.1) is 0 Å². The summed E-state index contributed by atoms with van der Waals surface area (Å²) in [5, 5.41) is 13.9. The zero-order chi connectivity index (χ0) is 13.8. The summed E-state index contributed by atoms with van der Waals surface area (Å²) in [7, 11) is 0. The molecule has 2 aromatic rings. The Hall–Kier alpha value is -1.95. The highest BCUT2D eigenvalue weighted by Gasteiger charge is 2.13. The van der Waals surface area contributed by atoms with Crippen LogP contribution in [0.25, 0.3) is 0 Å². The van der Waals surface area contributed by atoms with Gasteiger partial charge in [-0.05, 0) is 30.3 Å². The molecule has 1 N–H and O–H groups in total. The van der Waals surface area contributed by atoms with Gasteiger partial charge >= 0.3 is 0 Å². The van der Waals surface area contributed by atoms with Gasteiger partial charge in [0.15, 0.2) is 0 Å². The number of rotatable bonds is 4. The van der Waals surface area contributed by atoms with E-state index >= 15 is 0 Å². The minimum Gasteiger partial charge on any atom is -0.381 e. The van der Waals surface area contributed by atoms with E-state index in [1.54, 1.807) is 0 Å². The lowest BCUT2D eigenvalue weighted by atomic mass is 10.1. The van der Waals surface area contributed by atoms with Crippen LogP contribution in [0.5, 0.6) is 0 Å². The van der Waals surface area contributed by atoms with Gasteiger partial charge in [-0.2, -0.15) is 0 Å². The van der Waals surface area contributed by atoms with Crippen LogP contribution in [-0.4, -0.2) is 4.92 Å². The van der Waals surface area contributed by atoms with Crippen molar-refractivity contribution in [2.75, 3.05) is 5.32 Å². The number of halogens is 2. The first-order valence-electron chi connectivity index (χ1n) is 5.48. The highest BCUT2D eigenvalue weighted by Crippen LogP contribution is 2.22. The van der Waals surface area contributed by atoms with E-state index in [1.165, 1.54) is 12.1 Å². The van der Waals surface area contributed by atoms with Crippen molar-refractivity contribution in [1.29, 1.82) is 0 Å². The fourth-order valence-corrected chi connectivity index (χ4v) is 2.07. The number of hydrogen-bond acceptors (Lipinski definition) is 3. The van der Waals surface area contributed by atoms with Crippen LogP contribution in [0.15, 0.2) is 46.9 Å². The molecular weight excluding hydrogens is 315 g/mol. The summed E-state index contributed by atoms with van der Waals surface area (Å²) >= 11 is 3.33. The molecule has 0 radical (unpaired) electrons. The fraction of sp³-hybridized carbons (Fsp3) is 0.0769. The molecule has 2 aromatic carbocycles.